The number of amides is 1. The second-order valence-corrected chi connectivity index (χ2v) is 19.4. The van der Waals surface area contributed by atoms with Crippen LogP contribution in [-0.2, 0) is 23.7 Å². The Morgan fingerprint density at radius 3 is 1.52 bits per heavy atom. The fourth-order valence-electron chi connectivity index (χ4n) is 8.97. The van der Waals surface area contributed by atoms with Gasteiger partial charge < -0.3 is 65.1 Å². The number of ether oxygens (including phenoxy) is 4. The Bertz CT molecular complexity index is 1220. The number of unbranched alkanes of at least 4 members (excludes halogenated alkanes) is 25. The molecule has 2 aliphatic heterocycles. The summed E-state index contributed by atoms with van der Waals surface area (Å²) in [5.41, 5.74) is 0. The first-order valence-corrected chi connectivity index (χ1v) is 27.1. The summed E-state index contributed by atoms with van der Waals surface area (Å²) in [5.74, 6) is -0.214. The quantitative estimate of drug-likeness (QED) is 0.0211. The molecule has 14 nitrogen and oxygen atoms in total. The standard InChI is InChI=1S/C53H99NO13/c1-3-5-7-9-11-13-15-17-19-21-23-25-27-29-31-33-35-37-45(58)54-41(42(57)36-34-32-30-28-26-24-22-20-18-16-14-12-10-8-6-4-2)40-64-52-50(63)48(61)51(44(39-56)66-52)67-53-49(62)47(60)46(59)43(38-55)65-53/h11,13,17,19,41-44,46-53,55-57,59-63H,3-10,12,14-16,18,20-40H2,1-2H3,(H,54,58)/b13-11-,19-17-. The Balaban J connectivity index is 1.81. The highest BCUT2D eigenvalue weighted by Crippen LogP contribution is 2.30. The molecular weight excluding hydrogens is 859 g/mol. The van der Waals surface area contributed by atoms with Crippen molar-refractivity contribution in [3.05, 3.63) is 24.3 Å². The highest BCUT2D eigenvalue weighted by molar-refractivity contribution is 5.76. The van der Waals surface area contributed by atoms with E-state index in [9.17, 15) is 45.6 Å². The van der Waals surface area contributed by atoms with Crippen LogP contribution in [0.4, 0.5) is 0 Å². The molecule has 0 aromatic rings. The van der Waals surface area contributed by atoms with Crippen molar-refractivity contribution in [2.45, 2.75) is 286 Å². The van der Waals surface area contributed by atoms with Crippen LogP contribution in [0.15, 0.2) is 24.3 Å². The molecule has 12 atom stereocenters. The van der Waals surface area contributed by atoms with Crippen LogP contribution in [0, 0.1) is 0 Å². The molecule has 0 radical (unpaired) electrons. The minimum Gasteiger partial charge on any atom is -0.394 e. The summed E-state index contributed by atoms with van der Waals surface area (Å²) >= 11 is 0. The molecule has 394 valence electrons. The van der Waals surface area contributed by atoms with E-state index in [-0.39, 0.29) is 12.5 Å². The maximum atomic E-state index is 13.2. The van der Waals surface area contributed by atoms with E-state index in [1.54, 1.807) is 0 Å². The van der Waals surface area contributed by atoms with Crippen LogP contribution in [0.5, 0.6) is 0 Å². The van der Waals surface area contributed by atoms with Crippen molar-refractivity contribution >= 4 is 5.91 Å². The van der Waals surface area contributed by atoms with Crippen LogP contribution in [0.1, 0.15) is 213 Å². The van der Waals surface area contributed by atoms with Crippen LogP contribution in [-0.4, -0.2) is 140 Å². The first kappa shape index (κ1) is 61.6. The van der Waals surface area contributed by atoms with Crippen molar-refractivity contribution in [1.29, 1.82) is 0 Å². The number of carbonyl (C=O) groups is 1. The van der Waals surface area contributed by atoms with Crippen molar-refractivity contribution in [3.8, 4) is 0 Å². The van der Waals surface area contributed by atoms with Gasteiger partial charge in [0.05, 0.1) is 32.0 Å². The van der Waals surface area contributed by atoms with Gasteiger partial charge in [0.1, 0.15) is 48.8 Å². The fraction of sp³-hybridized carbons (Fsp3) is 0.906. The van der Waals surface area contributed by atoms with Crippen LogP contribution < -0.4 is 5.32 Å². The van der Waals surface area contributed by atoms with Crippen molar-refractivity contribution < 1.29 is 64.6 Å². The lowest BCUT2D eigenvalue weighted by molar-refractivity contribution is -0.359. The van der Waals surface area contributed by atoms with Crippen molar-refractivity contribution in [2.24, 2.45) is 0 Å². The van der Waals surface area contributed by atoms with Gasteiger partial charge in [-0.2, -0.15) is 0 Å². The molecule has 0 spiro atoms. The first-order valence-electron chi connectivity index (χ1n) is 27.1. The molecule has 2 aliphatic rings. The van der Waals surface area contributed by atoms with Gasteiger partial charge in [-0.05, 0) is 44.9 Å². The highest BCUT2D eigenvalue weighted by atomic mass is 16.7. The van der Waals surface area contributed by atoms with Gasteiger partial charge in [-0.25, -0.2) is 0 Å². The van der Waals surface area contributed by atoms with Crippen molar-refractivity contribution in [2.75, 3.05) is 19.8 Å². The van der Waals surface area contributed by atoms with Gasteiger partial charge in [0.15, 0.2) is 12.6 Å². The zero-order chi connectivity index (χ0) is 48.9. The predicted octanol–water partition coefficient (Wildman–Crippen LogP) is 7.72. The Morgan fingerprint density at radius 2 is 0.985 bits per heavy atom. The van der Waals surface area contributed by atoms with Crippen LogP contribution in [0.3, 0.4) is 0 Å². The highest BCUT2D eigenvalue weighted by Gasteiger charge is 2.51. The lowest BCUT2D eigenvalue weighted by Crippen LogP contribution is -2.65. The second-order valence-electron chi connectivity index (χ2n) is 19.4. The van der Waals surface area contributed by atoms with Gasteiger partial charge in [-0.1, -0.05) is 186 Å². The first-order chi connectivity index (χ1) is 32.6. The van der Waals surface area contributed by atoms with Crippen LogP contribution in [0.25, 0.3) is 0 Å². The van der Waals surface area contributed by atoms with Crippen LogP contribution >= 0.6 is 0 Å². The third kappa shape index (κ3) is 27.0. The number of aliphatic hydroxyl groups is 8. The minimum atomic E-state index is -1.78. The largest absolute Gasteiger partial charge is 0.394 e. The lowest BCUT2D eigenvalue weighted by atomic mass is 9.97. The summed E-state index contributed by atoms with van der Waals surface area (Å²) in [7, 11) is 0. The Hall–Kier alpha value is -1.53. The number of aliphatic hydroxyl groups excluding tert-OH is 8. The number of hydrogen-bond acceptors (Lipinski definition) is 13. The maximum Gasteiger partial charge on any atom is 0.220 e. The molecule has 9 N–H and O–H groups in total. The van der Waals surface area contributed by atoms with Crippen molar-refractivity contribution in [3.63, 3.8) is 0 Å². The van der Waals surface area contributed by atoms with E-state index in [4.69, 9.17) is 18.9 Å². The monoisotopic (exact) mass is 958 g/mol. The molecule has 67 heavy (non-hydrogen) atoms. The van der Waals surface area contributed by atoms with Gasteiger partial charge in [-0.15, -0.1) is 0 Å². The predicted molar refractivity (Wildman–Crippen MR) is 263 cm³/mol. The number of hydrogen-bond donors (Lipinski definition) is 9. The molecule has 1 amide bonds. The number of rotatable bonds is 42. The van der Waals surface area contributed by atoms with E-state index in [2.05, 4.69) is 43.5 Å². The summed E-state index contributed by atoms with van der Waals surface area (Å²) in [6.07, 6.45) is 27.4. The van der Waals surface area contributed by atoms with Gasteiger partial charge in [0.2, 0.25) is 5.91 Å². The summed E-state index contributed by atoms with van der Waals surface area (Å²) in [6, 6.07) is -0.830. The average molecular weight is 958 g/mol. The van der Waals surface area contributed by atoms with Crippen LogP contribution in [0.2, 0.25) is 0 Å². The van der Waals surface area contributed by atoms with E-state index < -0.39 is 86.8 Å². The molecule has 2 heterocycles. The summed E-state index contributed by atoms with van der Waals surface area (Å²) in [5, 5.41) is 87.0. The SMILES string of the molecule is CCCCC/C=C\C/C=C\CCCCCCCCCC(=O)NC(COC1OC(CO)C(OC2OC(CO)C(O)C(O)C2O)C(O)C1O)C(O)CCCCCCCCCCCCCCCCCC. The van der Waals surface area contributed by atoms with Crippen molar-refractivity contribution in [1.82, 2.24) is 5.32 Å². The van der Waals surface area contributed by atoms with E-state index in [0.717, 1.165) is 57.8 Å². The smallest absolute Gasteiger partial charge is 0.220 e. The van der Waals surface area contributed by atoms with E-state index >= 15 is 0 Å². The van der Waals surface area contributed by atoms with Gasteiger partial charge >= 0.3 is 0 Å². The number of allylic oxidation sites excluding steroid dienone is 4. The molecule has 0 aromatic carbocycles. The number of nitrogens with one attached hydrogen (secondary N) is 1. The molecule has 0 bridgehead atoms. The Kier molecular flexibility index (Phi) is 36.9. The minimum absolute atomic E-state index is 0.214. The van der Waals surface area contributed by atoms with Gasteiger partial charge in [0, 0.05) is 6.42 Å². The Labute approximate surface area is 405 Å². The lowest BCUT2D eigenvalue weighted by Gasteiger charge is -2.46. The molecule has 0 aliphatic carbocycles. The normalized spacial score (nSPS) is 26.7. The molecule has 14 heteroatoms. The summed E-state index contributed by atoms with van der Waals surface area (Å²) in [4.78, 5) is 13.2. The zero-order valence-electron chi connectivity index (χ0n) is 41.9. The Morgan fingerprint density at radius 1 is 0.537 bits per heavy atom. The fourth-order valence-corrected chi connectivity index (χ4v) is 8.97. The molecule has 0 saturated carbocycles. The summed E-state index contributed by atoms with van der Waals surface area (Å²) in [6.45, 7) is 2.83. The zero-order valence-corrected chi connectivity index (χ0v) is 41.9. The second kappa shape index (κ2) is 40.1. The van der Waals surface area contributed by atoms with E-state index in [0.29, 0.717) is 19.3 Å². The molecule has 2 rings (SSSR count). The number of carbonyl (C=O) groups excluding carboxylic acids is 1. The molecule has 2 saturated heterocycles. The van der Waals surface area contributed by atoms with E-state index in [1.165, 1.54) is 122 Å². The van der Waals surface area contributed by atoms with Gasteiger partial charge in [-0.3, -0.25) is 4.79 Å². The molecule has 0 aromatic heterocycles. The average Bonchev–Trinajstić information content (AvgIpc) is 3.32. The summed E-state index contributed by atoms with van der Waals surface area (Å²) < 4.78 is 22.8. The van der Waals surface area contributed by atoms with Gasteiger partial charge in [0.25, 0.3) is 0 Å². The molecule has 2 fully saturated rings. The molecule has 12 unspecified atom stereocenters. The third-order valence-electron chi connectivity index (χ3n) is 13.4. The topological polar surface area (TPSA) is 228 Å². The maximum absolute atomic E-state index is 13.2. The third-order valence-corrected chi connectivity index (χ3v) is 13.4. The van der Waals surface area contributed by atoms with E-state index in [1.807, 2.05) is 0 Å². The molecular formula is C53H99NO13.